The van der Waals surface area contributed by atoms with Gasteiger partial charge in [-0.25, -0.2) is 4.98 Å². The smallest absolute Gasteiger partial charge is 0.153 e. The summed E-state index contributed by atoms with van der Waals surface area (Å²) < 4.78 is 0. The van der Waals surface area contributed by atoms with Crippen molar-refractivity contribution < 1.29 is 0 Å². The quantitative estimate of drug-likeness (QED) is 0.860. The van der Waals surface area contributed by atoms with Crippen LogP contribution in [0.5, 0.6) is 0 Å². The number of aryl methyl sites for hydroxylation is 1. The van der Waals surface area contributed by atoms with Crippen molar-refractivity contribution >= 4 is 0 Å². The average molecular weight is 248 g/mol. The van der Waals surface area contributed by atoms with Crippen LogP contribution in [0.25, 0.3) is 0 Å². The van der Waals surface area contributed by atoms with Gasteiger partial charge in [-0.2, -0.15) is 5.10 Å². The molecule has 1 aromatic heterocycles. The first-order chi connectivity index (χ1) is 8.92. The van der Waals surface area contributed by atoms with Crippen LogP contribution in [0.3, 0.4) is 0 Å². The number of nitrogens with one attached hydrogen (secondary N) is 2. The average Bonchev–Trinajstić information content (AvgIpc) is 3.09. The van der Waals surface area contributed by atoms with E-state index < -0.39 is 0 Å². The van der Waals surface area contributed by atoms with Crippen LogP contribution in [-0.2, 0) is 6.42 Å². The molecule has 4 nitrogen and oxygen atoms in total. The molecule has 4 heteroatoms. The fourth-order valence-electron chi connectivity index (χ4n) is 3.27. The molecule has 2 fully saturated rings. The highest BCUT2D eigenvalue weighted by Gasteiger charge is 2.20. The third-order valence-electron chi connectivity index (χ3n) is 4.47. The Morgan fingerprint density at radius 3 is 2.78 bits per heavy atom. The summed E-state index contributed by atoms with van der Waals surface area (Å²) in [4.78, 5) is 4.71. The van der Waals surface area contributed by atoms with Gasteiger partial charge in [0.15, 0.2) is 5.82 Å². The number of hydrogen-bond donors (Lipinski definition) is 2. The van der Waals surface area contributed by atoms with E-state index in [-0.39, 0.29) is 0 Å². The van der Waals surface area contributed by atoms with E-state index in [4.69, 9.17) is 4.98 Å². The van der Waals surface area contributed by atoms with Gasteiger partial charge in [-0.15, -0.1) is 0 Å². The van der Waals surface area contributed by atoms with Gasteiger partial charge in [-0.05, 0) is 44.7 Å². The first-order valence-electron chi connectivity index (χ1n) is 7.54. The highest BCUT2D eigenvalue weighted by Crippen LogP contribution is 2.30. The van der Waals surface area contributed by atoms with Crippen molar-refractivity contribution in [1.29, 1.82) is 0 Å². The van der Waals surface area contributed by atoms with Gasteiger partial charge >= 0.3 is 0 Å². The fraction of sp³-hybridized carbons (Fsp3) is 0.857. The Balaban J connectivity index is 1.52. The summed E-state index contributed by atoms with van der Waals surface area (Å²) in [5, 5.41) is 11.0. The minimum Gasteiger partial charge on any atom is -0.316 e. The molecule has 1 aromatic rings. The molecule has 2 aliphatic rings. The second-order valence-electron chi connectivity index (χ2n) is 5.87. The van der Waals surface area contributed by atoms with Crippen molar-refractivity contribution in [1.82, 2.24) is 20.5 Å². The normalized spacial score (nSPS) is 25.7. The first-order valence-corrected chi connectivity index (χ1v) is 7.54. The summed E-state index contributed by atoms with van der Waals surface area (Å²) in [6.45, 7) is 2.37. The van der Waals surface area contributed by atoms with Gasteiger partial charge in [0, 0.05) is 12.3 Å². The second kappa shape index (κ2) is 5.83. The Labute approximate surface area is 109 Å². The van der Waals surface area contributed by atoms with Crippen LogP contribution in [0, 0.1) is 5.92 Å². The maximum absolute atomic E-state index is 4.71. The van der Waals surface area contributed by atoms with E-state index in [0.29, 0.717) is 5.92 Å². The molecule has 1 unspecified atom stereocenters. The van der Waals surface area contributed by atoms with Crippen LogP contribution in [0.2, 0.25) is 0 Å². The van der Waals surface area contributed by atoms with Crippen LogP contribution in [-0.4, -0.2) is 28.3 Å². The van der Waals surface area contributed by atoms with E-state index in [1.807, 2.05) is 0 Å². The predicted molar refractivity (Wildman–Crippen MR) is 71.5 cm³/mol. The number of rotatable bonds is 4. The molecule has 1 saturated carbocycles. The zero-order valence-corrected chi connectivity index (χ0v) is 11.1. The van der Waals surface area contributed by atoms with E-state index in [2.05, 4.69) is 15.5 Å². The maximum Gasteiger partial charge on any atom is 0.153 e. The van der Waals surface area contributed by atoms with Crippen molar-refractivity contribution in [2.24, 2.45) is 5.92 Å². The largest absolute Gasteiger partial charge is 0.316 e. The number of aromatic nitrogens is 3. The Morgan fingerprint density at radius 1 is 1.11 bits per heavy atom. The number of aromatic amines is 1. The lowest BCUT2D eigenvalue weighted by Crippen LogP contribution is -2.09. The highest BCUT2D eigenvalue weighted by molar-refractivity contribution is 4.99. The van der Waals surface area contributed by atoms with Gasteiger partial charge in [0.2, 0.25) is 0 Å². The first kappa shape index (κ1) is 12.2. The summed E-state index contributed by atoms with van der Waals surface area (Å²) in [5.74, 6) is 3.64. The van der Waals surface area contributed by atoms with E-state index in [1.54, 1.807) is 0 Å². The summed E-state index contributed by atoms with van der Waals surface area (Å²) in [5.41, 5.74) is 0. The van der Waals surface area contributed by atoms with Gasteiger partial charge < -0.3 is 5.32 Å². The van der Waals surface area contributed by atoms with Crippen LogP contribution in [0.4, 0.5) is 0 Å². The van der Waals surface area contributed by atoms with Gasteiger partial charge in [0.05, 0.1) is 0 Å². The monoisotopic (exact) mass is 248 g/mol. The van der Waals surface area contributed by atoms with Crippen LogP contribution in [0.15, 0.2) is 0 Å². The van der Waals surface area contributed by atoms with Gasteiger partial charge in [-0.1, -0.05) is 19.3 Å². The molecule has 1 saturated heterocycles. The summed E-state index contributed by atoms with van der Waals surface area (Å²) in [6, 6.07) is 0. The van der Waals surface area contributed by atoms with Crippen molar-refractivity contribution in [2.45, 2.75) is 57.3 Å². The summed E-state index contributed by atoms with van der Waals surface area (Å²) >= 11 is 0. The van der Waals surface area contributed by atoms with E-state index in [1.165, 1.54) is 58.0 Å². The van der Waals surface area contributed by atoms with Crippen molar-refractivity contribution in [3.63, 3.8) is 0 Å². The summed E-state index contributed by atoms with van der Waals surface area (Å²) in [6.07, 6.45) is 10.3. The molecular formula is C14H24N4. The lowest BCUT2D eigenvalue weighted by atomic mass is 9.89. The molecule has 1 aliphatic carbocycles. The Bertz CT molecular complexity index is 362. The third-order valence-corrected chi connectivity index (χ3v) is 4.47. The minimum absolute atomic E-state index is 0.622. The Hall–Kier alpha value is -0.900. The molecule has 100 valence electrons. The molecule has 1 aliphatic heterocycles. The molecular weight excluding hydrogens is 224 g/mol. The van der Waals surface area contributed by atoms with Crippen molar-refractivity contribution in [3.8, 4) is 0 Å². The third kappa shape index (κ3) is 2.91. The topological polar surface area (TPSA) is 53.6 Å². The standard InChI is InChI=1S/C14H24N4/c1-2-4-12(5-3-1)14-16-13(17-18-14)7-6-11-8-9-15-10-11/h11-12,15H,1-10H2,(H,16,17,18). The lowest BCUT2D eigenvalue weighted by molar-refractivity contribution is 0.429. The van der Waals surface area contributed by atoms with Gasteiger partial charge in [0.25, 0.3) is 0 Å². The second-order valence-corrected chi connectivity index (χ2v) is 5.87. The van der Waals surface area contributed by atoms with Crippen LogP contribution >= 0.6 is 0 Å². The molecule has 18 heavy (non-hydrogen) atoms. The van der Waals surface area contributed by atoms with E-state index in [9.17, 15) is 0 Å². The fourth-order valence-corrected chi connectivity index (χ4v) is 3.27. The molecule has 2 heterocycles. The number of H-pyrrole nitrogens is 1. The summed E-state index contributed by atoms with van der Waals surface area (Å²) in [7, 11) is 0. The Morgan fingerprint density at radius 2 is 2.00 bits per heavy atom. The number of hydrogen-bond acceptors (Lipinski definition) is 3. The zero-order valence-electron chi connectivity index (χ0n) is 11.1. The molecule has 0 spiro atoms. The van der Waals surface area contributed by atoms with Crippen molar-refractivity contribution in [3.05, 3.63) is 11.6 Å². The zero-order chi connectivity index (χ0) is 12.2. The van der Waals surface area contributed by atoms with Crippen molar-refractivity contribution in [2.75, 3.05) is 13.1 Å². The van der Waals surface area contributed by atoms with Crippen LogP contribution in [0.1, 0.15) is 62.5 Å². The Kier molecular flexibility index (Phi) is 3.93. The maximum atomic E-state index is 4.71. The minimum atomic E-state index is 0.622. The molecule has 2 N–H and O–H groups in total. The number of nitrogens with zero attached hydrogens (tertiary/aromatic N) is 2. The van der Waals surface area contributed by atoms with E-state index in [0.717, 1.165) is 24.0 Å². The van der Waals surface area contributed by atoms with Crippen LogP contribution < -0.4 is 5.32 Å². The molecule has 0 bridgehead atoms. The molecule has 0 amide bonds. The highest BCUT2D eigenvalue weighted by atomic mass is 15.2. The van der Waals surface area contributed by atoms with Gasteiger partial charge in [0.1, 0.15) is 5.82 Å². The lowest BCUT2D eigenvalue weighted by Gasteiger charge is -2.18. The molecule has 0 aromatic carbocycles. The molecule has 0 radical (unpaired) electrons. The van der Waals surface area contributed by atoms with E-state index >= 15 is 0 Å². The van der Waals surface area contributed by atoms with Gasteiger partial charge in [-0.3, -0.25) is 5.10 Å². The molecule has 1 atom stereocenters. The predicted octanol–water partition coefficient (Wildman–Crippen LogP) is 2.39. The molecule has 3 rings (SSSR count). The SMILES string of the molecule is C1CCC(c2n[nH]c(CCC3CCNC3)n2)CC1.